The van der Waals surface area contributed by atoms with Gasteiger partial charge in [0.15, 0.2) is 11.5 Å². The van der Waals surface area contributed by atoms with Gasteiger partial charge in [-0.05, 0) is 27.4 Å². The summed E-state index contributed by atoms with van der Waals surface area (Å²) in [5.74, 6) is -2.25. The number of aromatic nitrogens is 2. The van der Waals surface area contributed by atoms with Crippen molar-refractivity contribution in [1.29, 1.82) is 0 Å². The fourth-order valence-electron chi connectivity index (χ4n) is 1.19. The first-order chi connectivity index (χ1) is 8.00. The smallest absolute Gasteiger partial charge is 0.358 e. The van der Waals surface area contributed by atoms with E-state index in [-0.39, 0.29) is 5.82 Å². The lowest BCUT2D eigenvalue weighted by molar-refractivity contribution is 0.0686. The lowest BCUT2D eigenvalue weighted by Gasteiger charge is -2.02. The van der Waals surface area contributed by atoms with Crippen molar-refractivity contribution >= 4 is 33.2 Å². The number of nitrogens with zero attached hydrogens (tertiary/aromatic N) is 1. The molecular weight excluding hydrogens is 312 g/mol. The van der Waals surface area contributed by atoms with Crippen molar-refractivity contribution in [1.82, 2.24) is 9.97 Å². The van der Waals surface area contributed by atoms with Crippen LogP contribution in [0.25, 0.3) is 10.7 Å². The highest BCUT2D eigenvalue weighted by Gasteiger charge is 2.18. The van der Waals surface area contributed by atoms with Crippen molar-refractivity contribution in [3.63, 3.8) is 0 Å². The zero-order chi connectivity index (χ0) is 12.6. The number of carboxylic acids is 1. The molecule has 6 nitrogen and oxygen atoms in total. The van der Waals surface area contributed by atoms with Crippen LogP contribution in [0.2, 0.25) is 0 Å². The van der Waals surface area contributed by atoms with Gasteiger partial charge < -0.3 is 15.2 Å². The molecule has 0 aliphatic carbocycles. The van der Waals surface area contributed by atoms with Gasteiger partial charge in [-0.15, -0.1) is 11.3 Å². The Balaban J connectivity index is 2.70. The average Bonchev–Trinajstić information content (AvgIpc) is 2.68. The van der Waals surface area contributed by atoms with Crippen LogP contribution in [0.4, 0.5) is 0 Å². The lowest BCUT2D eigenvalue weighted by atomic mass is 10.3. The lowest BCUT2D eigenvalue weighted by Crippen LogP contribution is -2.14. The number of aromatic hydroxyl groups is 1. The molecule has 0 saturated carbocycles. The second kappa shape index (κ2) is 4.30. The molecule has 88 valence electrons. The van der Waals surface area contributed by atoms with Crippen LogP contribution in [0.3, 0.4) is 0 Å². The van der Waals surface area contributed by atoms with Crippen LogP contribution in [0.1, 0.15) is 10.5 Å². The zero-order valence-electron chi connectivity index (χ0n) is 8.10. The molecular formula is C9H5BrN2O4S. The zero-order valence-corrected chi connectivity index (χ0v) is 10.5. The van der Waals surface area contributed by atoms with E-state index < -0.39 is 23.0 Å². The van der Waals surface area contributed by atoms with Crippen LogP contribution in [0, 0.1) is 0 Å². The summed E-state index contributed by atoms with van der Waals surface area (Å²) in [5.41, 5.74) is -1.54. The number of carboxylic acid groups (broad SMARTS) is 1. The van der Waals surface area contributed by atoms with E-state index in [9.17, 15) is 14.7 Å². The van der Waals surface area contributed by atoms with Crippen molar-refractivity contribution in [2.24, 2.45) is 0 Å². The van der Waals surface area contributed by atoms with Gasteiger partial charge in [0.2, 0.25) is 5.75 Å². The van der Waals surface area contributed by atoms with Gasteiger partial charge >= 0.3 is 5.97 Å². The Bertz CT molecular complexity index is 649. The Labute approximate surface area is 107 Å². The number of hydrogen-bond acceptors (Lipinski definition) is 5. The minimum absolute atomic E-state index is 0.104. The molecule has 8 heteroatoms. The number of halogens is 1. The molecule has 2 aromatic rings. The van der Waals surface area contributed by atoms with Crippen molar-refractivity contribution < 1.29 is 15.0 Å². The van der Waals surface area contributed by atoms with Crippen LogP contribution in [-0.2, 0) is 0 Å². The van der Waals surface area contributed by atoms with Gasteiger partial charge in [-0.2, -0.15) is 0 Å². The molecule has 0 radical (unpaired) electrons. The summed E-state index contributed by atoms with van der Waals surface area (Å²) in [5, 5.41) is 19.8. The SMILES string of the molecule is O=C(O)c1nc(-c2sccc2Br)[nH]c(=O)c1O. The second-order valence-corrected chi connectivity index (χ2v) is 4.79. The molecule has 0 aliphatic rings. The summed E-state index contributed by atoms with van der Waals surface area (Å²) in [6.45, 7) is 0. The number of aromatic carboxylic acids is 1. The largest absolute Gasteiger partial charge is 0.501 e. The molecule has 2 heterocycles. The predicted octanol–water partition coefficient (Wildman–Crippen LogP) is 1.66. The maximum Gasteiger partial charge on any atom is 0.358 e. The highest BCUT2D eigenvalue weighted by Crippen LogP contribution is 2.31. The summed E-state index contributed by atoms with van der Waals surface area (Å²) in [7, 11) is 0. The minimum Gasteiger partial charge on any atom is -0.501 e. The average molecular weight is 317 g/mol. The quantitative estimate of drug-likeness (QED) is 0.781. The fourth-order valence-corrected chi connectivity index (χ4v) is 2.69. The summed E-state index contributed by atoms with van der Waals surface area (Å²) in [6, 6.07) is 1.74. The van der Waals surface area contributed by atoms with E-state index in [1.54, 1.807) is 11.4 Å². The second-order valence-electron chi connectivity index (χ2n) is 3.01. The van der Waals surface area contributed by atoms with E-state index in [0.717, 1.165) is 0 Å². The molecule has 0 amide bonds. The van der Waals surface area contributed by atoms with E-state index in [1.807, 2.05) is 0 Å². The molecule has 2 aromatic heterocycles. The standard InChI is InChI=1S/C9H5BrN2O4S/c10-3-1-2-17-6(3)7-11-4(9(15)16)5(13)8(14)12-7/h1-2,13H,(H,15,16)(H,11,12,14). The van der Waals surface area contributed by atoms with Gasteiger partial charge in [0, 0.05) is 4.47 Å². The first kappa shape index (κ1) is 11.8. The number of hydrogen-bond donors (Lipinski definition) is 3. The monoisotopic (exact) mass is 316 g/mol. The predicted molar refractivity (Wildman–Crippen MR) is 64.5 cm³/mol. The summed E-state index contributed by atoms with van der Waals surface area (Å²) in [4.78, 5) is 28.8. The van der Waals surface area contributed by atoms with Crippen LogP contribution < -0.4 is 5.56 Å². The molecule has 2 rings (SSSR count). The van der Waals surface area contributed by atoms with E-state index >= 15 is 0 Å². The Hall–Kier alpha value is -1.67. The molecule has 0 unspecified atom stereocenters. The third-order valence-corrected chi connectivity index (χ3v) is 3.77. The van der Waals surface area contributed by atoms with Crippen molar-refractivity contribution in [3.05, 3.63) is 32.0 Å². The molecule has 0 bridgehead atoms. The van der Waals surface area contributed by atoms with Gasteiger partial charge in [-0.25, -0.2) is 9.78 Å². The third-order valence-electron chi connectivity index (χ3n) is 1.93. The maximum atomic E-state index is 11.4. The number of rotatable bonds is 2. The van der Waals surface area contributed by atoms with Crippen LogP contribution in [0.15, 0.2) is 20.7 Å². The van der Waals surface area contributed by atoms with Crippen LogP contribution in [-0.4, -0.2) is 26.2 Å². The number of thiophene rings is 1. The van der Waals surface area contributed by atoms with E-state index in [4.69, 9.17) is 5.11 Å². The summed E-state index contributed by atoms with van der Waals surface area (Å²) in [6.07, 6.45) is 0. The van der Waals surface area contributed by atoms with Gasteiger partial charge in [0.05, 0.1) is 4.88 Å². The number of carbonyl (C=O) groups is 1. The molecule has 0 fully saturated rings. The molecule has 0 aliphatic heterocycles. The highest BCUT2D eigenvalue weighted by atomic mass is 79.9. The topological polar surface area (TPSA) is 103 Å². The highest BCUT2D eigenvalue weighted by molar-refractivity contribution is 9.10. The van der Waals surface area contributed by atoms with E-state index in [2.05, 4.69) is 25.9 Å². The first-order valence-electron chi connectivity index (χ1n) is 4.30. The molecule has 17 heavy (non-hydrogen) atoms. The van der Waals surface area contributed by atoms with Gasteiger partial charge in [-0.1, -0.05) is 0 Å². The molecule has 0 spiro atoms. The molecule has 3 N–H and O–H groups in total. The minimum atomic E-state index is -1.46. The van der Waals surface area contributed by atoms with Gasteiger partial charge in [0.25, 0.3) is 5.56 Å². The Morgan fingerprint density at radius 3 is 2.76 bits per heavy atom. The number of nitrogens with one attached hydrogen (secondary N) is 1. The van der Waals surface area contributed by atoms with Crippen LogP contribution >= 0.6 is 27.3 Å². The van der Waals surface area contributed by atoms with Crippen molar-refractivity contribution in [2.75, 3.05) is 0 Å². The fraction of sp³-hybridized carbons (Fsp3) is 0. The number of aromatic amines is 1. The van der Waals surface area contributed by atoms with Crippen molar-refractivity contribution in [2.45, 2.75) is 0 Å². The maximum absolute atomic E-state index is 11.4. The summed E-state index contributed by atoms with van der Waals surface area (Å²) >= 11 is 4.53. The third kappa shape index (κ3) is 2.08. The Morgan fingerprint density at radius 1 is 1.53 bits per heavy atom. The van der Waals surface area contributed by atoms with E-state index in [1.165, 1.54) is 11.3 Å². The molecule has 0 aromatic carbocycles. The Morgan fingerprint density at radius 2 is 2.24 bits per heavy atom. The van der Waals surface area contributed by atoms with Gasteiger partial charge in [0.1, 0.15) is 0 Å². The normalized spacial score (nSPS) is 10.4. The van der Waals surface area contributed by atoms with E-state index in [0.29, 0.717) is 9.35 Å². The van der Waals surface area contributed by atoms with Gasteiger partial charge in [-0.3, -0.25) is 4.79 Å². The molecule has 0 atom stereocenters. The Kier molecular flexibility index (Phi) is 2.99. The van der Waals surface area contributed by atoms with Crippen molar-refractivity contribution in [3.8, 4) is 16.5 Å². The number of H-pyrrole nitrogens is 1. The van der Waals surface area contributed by atoms with Crippen LogP contribution in [0.5, 0.6) is 5.75 Å². The molecule has 0 saturated heterocycles. The summed E-state index contributed by atoms with van der Waals surface area (Å²) < 4.78 is 0.688. The first-order valence-corrected chi connectivity index (χ1v) is 5.98.